The van der Waals surface area contributed by atoms with Crippen LogP contribution < -0.4 is 0 Å². The van der Waals surface area contributed by atoms with Crippen LogP contribution in [0.15, 0.2) is 24.3 Å². The third-order valence-electron chi connectivity index (χ3n) is 5.99. The summed E-state index contributed by atoms with van der Waals surface area (Å²) in [5, 5.41) is 9.03. The predicted octanol–water partition coefficient (Wildman–Crippen LogP) is 2.58. The first kappa shape index (κ1) is 18.9. The fourth-order valence-electron chi connectivity index (χ4n) is 4.48. The summed E-state index contributed by atoms with van der Waals surface area (Å²) in [4.78, 5) is 27.7. The van der Waals surface area contributed by atoms with Crippen molar-refractivity contribution in [3.05, 3.63) is 35.4 Å². The van der Waals surface area contributed by atoms with Crippen LogP contribution >= 0.6 is 0 Å². The maximum Gasteiger partial charge on any atom is 0.317 e. The Morgan fingerprint density at radius 2 is 1.85 bits per heavy atom. The Bertz CT molecular complexity index is 638. The van der Waals surface area contributed by atoms with E-state index in [4.69, 9.17) is 5.11 Å². The number of benzene rings is 1. The number of likely N-dealkylation sites (tertiary alicyclic amines) is 1. The van der Waals surface area contributed by atoms with Crippen LogP contribution in [0.25, 0.3) is 0 Å². The van der Waals surface area contributed by atoms with Crippen molar-refractivity contribution >= 4 is 11.9 Å². The second-order valence-electron chi connectivity index (χ2n) is 7.65. The lowest BCUT2D eigenvalue weighted by atomic mass is 9.82. The maximum atomic E-state index is 12.7. The fraction of sp³-hybridized carbons (Fsp3) is 0.619. The zero-order valence-electron chi connectivity index (χ0n) is 15.7. The van der Waals surface area contributed by atoms with Gasteiger partial charge in [-0.15, -0.1) is 0 Å². The summed E-state index contributed by atoms with van der Waals surface area (Å²) >= 11 is 0. The summed E-state index contributed by atoms with van der Waals surface area (Å²) in [6.07, 6.45) is 5.59. The van der Waals surface area contributed by atoms with Crippen LogP contribution in [-0.4, -0.2) is 59.0 Å². The van der Waals surface area contributed by atoms with Gasteiger partial charge in [0, 0.05) is 25.6 Å². The van der Waals surface area contributed by atoms with Gasteiger partial charge in [0.2, 0.25) is 5.91 Å². The van der Waals surface area contributed by atoms with Crippen molar-refractivity contribution in [2.45, 2.75) is 51.5 Å². The molecule has 0 saturated carbocycles. The first-order chi connectivity index (χ1) is 12.6. The van der Waals surface area contributed by atoms with Gasteiger partial charge >= 0.3 is 5.97 Å². The summed E-state index contributed by atoms with van der Waals surface area (Å²) in [5.41, 5.74) is 2.85. The second-order valence-corrected chi connectivity index (χ2v) is 7.65. The van der Waals surface area contributed by atoms with E-state index in [-0.39, 0.29) is 18.5 Å². The third kappa shape index (κ3) is 4.64. The zero-order valence-corrected chi connectivity index (χ0v) is 15.7. The number of hydrogen-bond donors (Lipinski definition) is 1. The highest BCUT2D eigenvalue weighted by atomic mass is 16.4. The summed E-state index contributed by atoms with van der Waals surface area (Å²) < 4.78 is 0. The van der Waals surface area contributed by atoms with Gasteiger partial charge in [-0.1, -0.05) is 31.2 Å². The third-order valence-corrected chi connectivity index (χ3v) is 5.99. The van der Waals surface area contributed by atoms with E-state index in [1.54, 1.807) is 0 Å². The Balaban J connectivity index is 1.48. The van der Waals surface area contributed by atoms with Gasteiger partial charge in [-0.2, -0.15) is 0 Å². The van der Waals surface area contributed by atoms with Gasteiger partial charge in [-0.05, 0) is 55.7 Å². The monoisotopic (exact) mass is 358 g/mol. The molecule has 1 unspecified atom stereocenters. The Labute approximate surface area is 156 Å². The number of hydrogen-bond acceptors (Lipinski definition) is 3. The Morgan fingerprint density at radius 1 is 1.15 bits per heavy atom. The van der Waals surface area contributed by atoms with Crippen LogP contribution in [0.5, 0.6) is 0 Å². The molecule has 1 heterocycles. The second kappa shape index (κ2) is 8.67. The highest BCUT2D eigenvalue weighted by Crippen LogP contribution is 2.28. The van der Waals surface area contributed by atoms with Gasteiger partial charge in [0.25, 0.3) is 0 Å². The van der Waals surface area contributed by atoms with Crippen LogP contribution in [0.3, 0.4) is 0 Å². The first-order valence-corrected chi connectivity index (χ1v) is 9.87. The van der Waals surface area contributed by atoms with E-state index in [1.807, 2.05) is 16.7 Å². The number of amides is 1. The minimum absolute atomic E-state index is 0.0938. The van der Waals surface area contributed by atoms with E-state index in [0.29, 0.717) is 12.3 Å². The average Bonchev–Trinajstić information content (AvgIpc) is 2.66. The molecule has 26 heavy (non-hydrogen) atoms. The SMILES string of the molecule is CCN(CC(=O)O)C1CCN(C(=O)CC2CCc3ccccc3C2)CC1. The number of carbonyl (C=O) groups excluding carboxylic acids is 1. The molecule has 1 aliphatic carbocycles. The molecular weight excluding hydrogens is 328 g/mol. The molecular formula is C21H30N2O3. The summed E-state index contributed by atoms with van der Waals surface area (Å²) in [6.45, 7) is 4.34. The van der Waals surface area contributed by atoms with Gasteiger partial charge in [0.15, 0.2) is 0 Å². The number of carboxylic acid groups (broad SMARTS) is 1. The maximum absolute atomic E-state index is 12.7. The highest BCUT2D eigenvalue weighted by Gasteiger charge is 2.29. The van der Waals surface area contributed by atoms with E-state index >= 15 is 0 Å². The molecule has 1 aliphatic heterocycles. The quantitative estimate of drug-likeness (QED) is 0.849. The molecule has 1 fully saturated rings. The number of nitrogens with zero attached hydrogens (tertiary/aromatic N) is 2. The molecule has 1 atom stereocenters. The Hall–Kier alpha value is -1.88. The number of carbonyl (C=O) groups is 2. The van der Waals surface area contributed by atoms with Crippen molar-refractivity contribution in [2.75, 3.05) is 26.2 Å². The van der Waals surface area contributed by atoms with E-state index in [1.165, 1.54) is 11.1 Å². The highest BCUT2D eigenvalue weighted by molar-refractivity contribution is 5.76. The van der Waals surface area contributed by atoms with Gasteiger partial charge in [0.05, 0.1) is 6.54 Å². The van der Waals surface area contributed by atoms with Gasteiger partial charge in [-0.25, -0.2) is 0 Å². The van der Waals surface area contributed by atoms with Crippen molar-refractivity contribution in [1.82, 2.24) is 9.80 Å². The largest absolute Gasteiger partial charge is 0.480 e. The molecule has 3 rings (SSSR count). The number of aliphatic carboxylic acids is 1. The summed E-state index contributed by atoms with van der Waals surface area (Å²) in [5.74, 6) is -0.0497. The molecule has 2 aliphatic rings. The lowest BCUT2D eigenvalue weighted by Gasteiger charge is -2.38. The molecule has 1 amide bonds. The van der Waals surface area contributed by atoms with Crippen LogP contribution in [0, 0.1) is 5.92 Å². The topological polar surface area (TPSA) is 60.9 Å². The van der Waals surface area contributed by atoms with Gasteiger partial charge in [0.1, 0.15) is 0 Å². The molecule has 0 bridgehead atoms. The van der Waals surface area contributed by atoms with E-state index in [2.05, 4.69) is 24.3 Å². The van der Waals surface area contributed by atoms with Crippen molar-refractivity contribution in [3.63, 3.8) is 0 Å². The molecule has 142 valence electrons. The van der Waals surface area contributed by atoms with Crippen molar-refractivity contribution in [1.29, 1.82) is 0 Å². The van der Waals surface area contributed by atoms with Crippen molar-refractivity contribution in [2.24, 2.45) is 5.92 Å². The molecule has 1 aromatic carbocycles. The fourth-order valence-corrected chi connectivity index (χ4v) is 4.48. The lowest BCUT2D eigenvalue weighted by molar-refractivity contribution is -0.140. The van der Waals surface area contributed by atoms with E-state index in [9.17, 15) is 9.59 Å². The Morgan fingerprint density at radius 3 is 2.50 bits per heavy atom. The molecule has 1 N–H and O–H groups in total. The molecule has 1 saturated heterocycles. The summed E-state index contributed by atoms with van der Waals surface area (Å²) in [6, 6.07) is 8.86. The zero-order chi connectivity index (χ0) is 18.5. The van der Waals surface area contributed by atoms with Crippen LogP contribution in [0.4, 0.5) is 0 Å². The van der Waals surface area contributed by atoms with E-state index < -0.39 is 5.97 Å². The molecule has 0 spiro atoms. The Kier molecular flexibility index (Phi) is 6.30. The first-order valence-electron chi connectivity index (χ1n) is 9.87. The number of likely N-dealkylation sites (N-methyl/N-ethyl adjacent to an activating group) is 1. The number of piperidine rings is 1. The van der Waals surface area contributed by atoms with Crippen LogP contribution in [-0.2, 0) is 22.4 Å². The molecule has 0 radical (unpaired) electrons. The van der Waals surface area contributed by atoms with Crippen LogP contribution in [0.2, 0.25) is 0 Å². The van der Waals surface area contributed by atoms with Gasteiger partial charge < -0.3 is 10.0 Å². The predicted molar refractivity (Wildman–Crippen MR) is 101 cm³/mol. The number of aryl methyl sites for hydroxylation is 1. The summed E-state index contributed by atoms with van der Waals surface area (Å²) in [7, 11) is 0. The number of rotatable bonds is 6. The lowest BCUT2D eigenvalue weighted by Crippen LogP contribution is -2.48. The van der Waals surface area contributed by atoms with Gasteiger partial charge in [-0.3, -0.25) is 14.5 Å². The van der Waals surface area contributed by atoms with Crippen molar-refractivity contribution < 1.29 is 14.7 Å². The minimum atomic E-state index is -0.775. The molecule has 5 heteroatoms. The number of carboxylic acids is 1. The van der Waals surface area contributed by atoms with Crippen LogP contribution in [0.1, 0.15) is 43.7 Å². The molecule has 1 aromatic rings. The minimum Gasteiger partial charge on any atom is -0.480 e. The molecule has 5 nitrogen and oxygen atoms in total. The van der Waals surface area contributed by atoms with E-state index in [0.717, 1.165) is 51.7 Å². The standard InChI is InChI=1S/C21H30N2O3/c1-2-22(15-21(25)26)19-9-11-23(12-10-19)20(24)14-16-7-8-17-5-3-4-6-18(17)13-16/h3-6,16,19H,2,7-15H2,1H3,(H,25,26). The average molecular weight is 358 g/mol. The molecule has 0 aromatic heterocycles. The smallest absolute Gasteiger partial charge is 0.317 e. The normalized spacial score (nSPS) is 20.8. The number of fused-ring (bicyclic) bond motifs is 1. The van der Waals surface area contributed by atoms with Crippen molar-refractivity contribution in [3.8, 4) is 0 Å².